The molecule has 0 spiro atoms. The molecule has 11 heavy (non-hydrogen) atoms. The molecular formula is C7H9BrO3. The summed E-state index contributed by atoms with van der Waals surface area (Å²) >= 11 is 3.27. The molecule has 0 aromatic carbocycles. The van der Waals surface area contributed by atoms with Gasteiger partial charge in [0.2, 0.25) is 6.29 Å². The van der Waals surface area contributed by atoms with Crippen molar-refractivity contribution in [3.63, 3.8) is 0 Å². The van der Waals surface area contributed by atoms with Crippen LogP contribution in [-0.4, -0.2) is 17.9 Å². The molecule has 0 amide bonds. The zero-order valence-corrected chi connectivity index (χ0v) is 7.76. The van der Waals surface area contributed by atoms with Crippen molar-refractivity contribution in [2.24, 2.45) is 0 Å². The van der Waals surface area contributed by atoms with Crippen molar-refractivity contribution in [1.82, 2.24) is 0 Å². The minimum absolute atomic E-state index is 0.644. The summed E-state index contributed by atoms with van der Waals surface area (Å²) in [6.45, 7) is 1.79. The third-order valence-corrected chi connectivity index (χ3v) is 1.77. The summed E-state index contributed by atoms with van der Waals surface area (Å²) in [4.78, 5) is 10.2. The maximum atomic E-state index is 10.2. The molecule has 62 valence electrons. The van der Waals surface area contributed by atoms with E-state index >= 15 is 0 Å². The average Bonchev–Trinajstić information content (AvgIpc) is 2.33. The van der Waals surface area contributed by atoms with Crippen molar-refractivity contribution in [2.45, 2.75) is 19.6 Å². The lowest BCUT2D eigenvalue weighted by Crippen LogP contribution is -2.09. The molecule has 4 heteroatoms. The van der Waals surface area contributed by atoms with Gasteiger partial charge in [0.05, 0.1) is 0 Å². The maximum Gasteiger partial charge on any atom is 0.297 e. The van der Waals surface area contributed by atoms with Crippen molar-refractivity contribution in [3.8, 4) is 0 Å². The van der Waals surface area contributed by atoms with E-state index in [0.29, 0.717) is 12.0 Å². The number of carbonyl (C=O) groups excluding carboxylic acids is 1. The molecule has 1 unspecified atom stereocenters. The Labute approximate surface area is 73.5 Å². The Bertz CT molecular complexity index is 188. The van der Waals surface area contributed by atoms with Crippen LogP contribution in [0.4, 0.5) is 0 Å². The van der Waals surface area contributed by atoms with Gasteiger partial charge in [-0.1, -0.05) is 15.9 Å². The van der Waals surface area contributed by atoms with Gasteiger partial charge in [-0.2, -0.15) is 0 Å². The lowest BCUT2D eigenvalue weighted by atomic mass is 10.3. The Morgan fingerprint density at radius 3 is 2.82 bits per heavy atom. The van der Waals surface area contributed by atoms with E-state index in [-0.39, 0.29) is 0 Å². The number of hydrogen-bond donors (Lipinski definition) is 0. The second-order valence-corrected chi connectivity index (χ2v) is 2.95. The van der Waals surface area contributed by atoms with Gasteiger partial charge >= 0.3 is 0 Å². The third kappa shape index (κ3) is 1.96. The topological polar surface area (TPSA) is 35.5 Å². The van der Waals surface area contributed by atoms with E-state index in [4.69, 9.17) is 9.47 Å². The first-order valence-electron chi connectivity index (χ1n) is 3.32. The third-order valence-electron chi connectivity index (χ3n) is 1.38. The van der Waals surface area contributed by atoms with Crippen LogP contribution in [0.3, 0.4) is 0 Å². The van der Waals surface area contributed by atoms with Gasteiger partial charge in [0, 0.05) is 11.8 Å². The van der Waals surface area contributed by atoms with Gasteiger partial charge in [-0.15, -0.1) is 0 Å². The van der Waals surface area contributed by atoms with Gasteiger partial charge in [0.25, 0.3) is 6.29 Å². The zero-order chi connectivity index (χ0) is 8.27. The molecule has 0 aromatic heterocycles. The van der Waals surface area contributed by atoms with Crippen LogP contribution in [0.15, 0.2) is 11.5 Å². The molecule has 0 fully saturated rings. The van der Waals surface area contributed by atoms with Gasteiger partial charge in [0.15, 0.2) is 0 Å². The standard InChI is InChI=1S/C7H9BrO3/c1-5-6(2-3-8)11-7(4-9)10-5/h4,7H,2-3H2,1H3. The SMILES string of the molecule is CC1=C(CCBr)OC(C=O)O1. The van der Waals surface area contributed by atoms with Crippen LogP contribution in [0.5, 0.6) is 0 Å². The number of carbonyl (C=O) groups is 1. The fraction of sp³-hybridized carbons (Fsp3) is 0.571. The molecule has 0 aromatic rings. The molecule has 1 aliphatic heterocycles. The lowest BCUT2D eigenvalue weighted by molar-refractivity contribution is -0.130. The van der Waals surface area contributed by atoms with Crippen LogP contribution in [0, 0.1) is 0 Å². The number of ether oxygens (including phenoxy) is 2. The number of allylic oxidation sites excluding steroid dienone is 2. The maximum absolute atomic E-state index is 10.2. The summed E-state index contributed by atoms with van der Waals surface area (Å²) in [6.07, 6.45) is 0.685. The van der Waals surface area contributed by atoms with Crippen LogP contribution >= 0.6 is 15.9 Å². The van der Waals surface area contributed by atoms with Gasteiger partial charge in [-0.3, -0.25) is 4.79 Å². The smallest absolute Gasteiger partial charge is 0.297 e. The van der Waals surface area contributed by atoms with E-state index in [2.05, 4.69) is 15.9 Å². The van der Waals surface area contributed by atoms with Crippen LogP contribution in [-0.2, 0) is 14.3 Å². The molecule has 0 saturated carbocycles. The van der Waals surface area contributed by atoms with E-state index in [1.165, 1.54) is 0 Å². The molecule has 1 atom stereocenters. The minimum atomic E-state index is -0.718. The van der Waals surface area contributed by atoms with Gasteiger partial charge in [-0.25, -0.2) is 0 Å². The predicted octanol–water partition coefficient (Wildman–Crippen LogP) is 1.57. The lowest BCUT2D eigenvalue weighted by Gasteiger charge is -2.02. The monoisotopic (exact) mass is 220 g/mol. The van der Waals surface area contributed by atoms with Crippen LogP contribution in [0.1, 0.15) is 13.3 Å². The molecule has 0 N–H and O–H groups in total. The highest BCUT2D eigenvalue weighted by Gasteiger charge is 2.22. The summed E-state index contributed by atoms with van der Waals surface area (Å²) in [5, 5.41) is 0.814. The molecule has 3 nitrogen and oxygen atoms in total. The second kappa shape index (κ2) is 3.76. The number of aldehydes is 1. The number of alkyl halides is 1. The van der Waals surface area contributed by atoms with Crippen LogP contribution in [0.2, 0.25) is 0 Å². The first kappa shape index (κ1) is 8.59. The highest BCUT2D eigenvalue weighted by atomic mass is 79.9. The molecule has 0 bridgehead atoms. The Morgan fingerprint density at radius 1 is 1.64 bits per heavy atom. The molecular weight excluding hydrogens is 212 g/mol. The predicted molar refractivity (Wildman–Crippen MR) is 43.1 cm³/mol. The first-order chi connectivity index (χ1) is 5.27. The largest absolute Gasteiger partial charge is 0.449 e. The van der Waals surface area contributed by atoms with E-state index < -0.39 is 6.29 Å². The summed E-state index contributed by atoms with van der Waals surface area (Å²) in [7, 11) is 0. The molecule has 1 rings (SSSR count). The van der Waals surface area contributed by atoms with Crippen molar-refractivity contribution < 1.29 is 14.3 Å². The van der Waals surface area contributed by atoms with Gasteiger partial charge < -0.3 is 9.47 Å². The summed E-state index contributed by atoms with van der Waals surface area (Å²) < 4.78 is 10.2. The number of halogens is 1. The van der Waals surface area contributed by atoms with Gasteiger partial charge in [0.1, 0.15) is 11.5 Å². The van der Waals surface area contributed by atoms with Crippen molar-refractivity contribution in [2.75, 3.05) is 5.33 Å². The number of rotatable bonds is 3. The summed E-state index contributed by atoms with van der Waals surface area (Å²) in [5.74, 6) is 1.47. The van der Waals surface area contributed by atoms with Gasteiger partial charge in [-0.05, 0) is 6.92 Å². The van der Waals surface area contributed by atoms with Crippen molar-refractivity contribution in [3.05, 3.63) is 11.5 Å². The molecule has 0 radical (unpaired) electrons. The fourth-order valence-electron chi connectivity index (χ4n) is 0.864. The minimum Gasteiger partial charge on any atom is -0.449 e. The molecule has 1 aliphatic rings. The zero-order valence-electron chi connectivity index (χ0n) is 6.17. The van der Waals surface area contributed by atoms with Crippen molar-refractivity contribution >= 4 is 22.2 Å². The normalized spacial score (nSPS) is 22.9. The van der Waals surface area contributed by atoms with Crippen molar-refractivity contribution in [1.29, 1.82) is 0 Å². The number of hydrogen-bond acceptors (Lipinski definition) is 3. The highest BCUT2D eigenvalue weighted by Crippen LogP contribution is 2.23. The highest BCUT2D eigenvalue weighted by molar-refractivity contribution is 9.09. The van der Waals surface area contributed by atoms with E-state index in [9.17, 15) is 4.79 Å². The molecule has 0 saturated heterocycles. The molecule has 1 heterocycles. The van der Waals surface area contributed by atoms with Crippen LogP contribution < -0.4 is 0 Å². The van der Waals surface area contributed by atoms with E-state index in [1.807, 2.05) is 0 Å². The Balaban J connectivity index is 2.51. The quantitative estimate of drug-likeness (QED) is 0.536. The fourth-order valence-corrected chi connectivity index (χ4v) is 1.22. The Morgan fingerprint density at radius 2 is 2.36 bits per heavy atom. The average molecular weight is 221 g/mol. The Hall–Kier alpha value is -0.510. The summed E-state index contributed by atoms with van der Waals surface area (Å²) in [5.41, 5.74) is 0. The van der Waals surface area contributed by atoms with Crippen LogP contribution in [0.25, 0.3) is 0 Å². The van der Waals surface area contributed by atoms with E-state index in [0.717, 1.165) is 17.5 Å². The summed E-state index contributed by atoms with van der Waals surface area (Å²) in [6, 6.07) is 0. The second-order valence-electron chi connectivity index (χ2n) is 2.16. The molecule has 0 aliphatic carbocycles. The Kier molecular flexibility index (Phi) is 2.93. The van der Waals surface area contributed by atoms with E-state index in [1.54, 1.807) is 6.92 Å². The first-order valence-corrected chi connectivity index (χ1v) is 4.44.